The second-order valence-corrected chi connectivity index (χ2v) is 9.87. The van der Waals surface area contributed by atoms with E-state index in [0.29, 0.717) is 25.1 Å². The number of unbranched alkanes of at least 4 members (excludes halogenated alkanes) is 2. The van der Waals surface area contributed by atoms with Crippen LogP contribution in [0.4, 0.5) is 0 Å². The van der Waals surface area contributed by atoms with Gasteiger partial charge in [-0.3, -0.25) is 0 Å². The topological polar surface area (TPSA) is 116 Å². The zero-order valence-corrected chi connectivity index (χ0v) is 19.8. The fourth-order valence-corrected chi connectivity index (χ4v) is 5.25. The van der Waals surface area contributed by atoms with Gasteiger partial charge in [-0.15, -0.1) is 0 Å². The molecular weight excluding hydrogens is 460 g/mol. The van der Waals surface area contributed by atoms with Crippen molar-refractivity contribution in [2.75, 3.05) is 0 Å². The molecule has 0 aliphatic rings. The lowest BCUT2D eigenvalue weighted by Crippen LogP contribution is -2.29. The Hall–Kier alpha value is -2.99. The Morgan fingerprint density at radius 3 is 2.61 bits per heavy atom. The highest BCUT2D eigenvalue weighted by Crippen LogP contribution is 2.27. The number of halogens is 1. The number of carbonyl (C=O) groups is 1. The largest absolute Gasteiger partial charge is 0.341 e. The van der Waals surface area contributed by atoms with E-state index in [1.165, 1.54) is 18.2 Å². The zero-order chi connectivity index (χ0) is 23.8. The third-order valence-corrected chi connectivity index (χ3v) is 7.13. The highest BCUT2D eigenvalue weighted by atomic mass is 35.5. The van der Waals surface area contributed by atoms with Crippen molar-refractivity contribution in [1.29, 1.82) is 5.26 Å². The summed E-state index contributed by atoms with van der Waals surface area (Å²) in [5, 5.41) is 8.99. The molecule has 0 saturated heterocycles. The number of imidazole rings is 1. The Morgan fingerprint density at radius 2 is 1.94 bits per heavy atom. The predicted octanol–water partition coefficient (Wildman–Crippen LogP) is 5.16. The number of Topliss-reactive ketones (excluding diaryl/α,β-unsaturated/α-hetero) is 1. The minimum Gasteiger partial charge on any atom is -0.341 e. The summed E-state index contributed by atoms with van der Waals surface area (Å²) in [4.78, 5) is 18.7. The van der Waals surface area contributed by atoms with Crippen LogP contribution in [-0.4, -0.2) is 24.2 Å². The number of rotatable bonds is 11. The Bertz CT molecular complexity index is 1250. The fourth-order valence-electron chi connectivity index (χ4n) is 3.47. The van der Waals surface area contributed by atoms with Gasteiger partial charge in [-0.1, -0.05) is 54.8 Å². The van der Waals surface area contributed by atoms with Crippen molar-refractivity contribution in [2.24, 2.45) is 0 Å². The molecular formula is C24H25ClN4O3S. The van der Waals surface area contributed by atoms with Crippen LogP contribution in [0.25, 0.3) is 11.3 Å². The van der Waals surface area contributed by atoms with Crippen LogP contribution >= 0.6 is 11.6 Å². The van der Waals surface area contributed by atoms with E-state index < -0.39 is 16.1 Å². The molecule has 0 saturated carbocycles. The molecule has 0 amide bonds. The molecule has 1 heterocycles. The van der Waals surface area contributed by atoms with Crippen LogP contribution in [0.2, 0.25) is 5.02 Å². The van der Waals surface area contributed by atoms with E-state index in [-0.39, 0.29) is 21.3 Å². The smallest absolute Gasteiger partial charge is 0.242 e. The first kappa shape index (κ1) is 24.6. The van der Waals surface area contributed by atoms with Gasteiger partial charge in [0.15, 0.2) is 0 Å². The predicted molar refractivity (Wildman–Crippen MR) is 127 cm³/mol. The molecule has 0 radical (unpaired) electrons. The van der Waals surface area contributed by atoms with Crippen LogP contribution in [0, 0.1) is 11.3 Å². The van der Waals surface area contributed by atoms with Gasteiger partial charge in [-0.25, -0.2) is 18.1 Å². The van der Waals surface area contributed by atoms with Crippen LogP contribution in [0.5, 0.6) is 0 Å². The monoisotopic (exact) mass is 484 g/mol. The number of hydrogen-bond acceptors (Lipinski definition) is 5. The molecule has 3 rings (SSSR count). The van der Waals surface area contributed by atoms with E-state index in [0.717, 1.165) is 24.1 Å². The van der Waals surface area contributed by atoms with E-state index in [1.54, 1.807) is 13.1 Å². The number of aromatic nitrogens is 2. The molecule has 0 aliphatic heterocycles. The summed E-state index contributed by atoms with van der Waals surface area (Å²) in [6.45, 7) is 1.56. The SMILES string of the molecule is CC(=O)CCCCC[C@H](NS(=O)(=O)c1ccc(C#N)cc1Cl)c1ncc(-c2ccccc2)[nH]1. The van der Waals surface area contributed by atoms with E-state index >= 15 is 0 Å². The maximum atomic E-state index is 13.1. The van der Waals surface area contributed by atoms with Gasteiger partial charge in [-0.05, 0) is 43.5 Å². The van der Waals surface area contributed by atoms with Gasteiger partial charge in [0, 0.05) is 6.42 Å². The van der Waals surface area contributed by atoms with Gasteiger partial charge in [0.05, 0.1) is 34.6 Å². The summed E-state index contributed by atoms with van der Waals surface area (Å²) in [5.41, 5.74) is 2.00. The van der Waals surface area contributed by atoms with Gasteiger partial charge in [-0.2, -0.15) is 5.26 Å². The molecule has 2 N–H and O–H groups in total. The third-order valence-electron chi connectivity index (χ3n) is 5.18. The molecule has 172 valence electrons. The van der Waals surface area contributed by atoms with Crippen molar-refractivity contribution in [1.82, 2.24) is 14.7 Å². The third kappa shape index (κ3) is 6.75. The maximum Gasteiger partial charge on any atom is 0.242 e. The lowest BCUT2D eigenvalue weighted by molar-refractivity contribution is -0.117. The molecule has 1 aromatic heterocycles. The number of nitrogens with one attached hydrogen (secondary N) is 2. The average Bonchev–Trinajstić information content (AvgIpc) is 3.28. The lowest BCUT2D eigenvalue weighted by atomic mass is 10.1. The number of benzene rings is 2. The summed E-state index contributed by atoms with van der Waals surface area (Å²) in [7, 11) is -3.98. The molecule has 0 fully saturated rings. The van der Waals surface area contributed by atoms with Crippen LogP contribution < -0.4 is 4.72 Å². The zero-order valence-electron chi connectivity index (χ0n) is 18.2. The lowest BCUT2D eigenvalue weighted by Gasteiger charge is -2.18. The van der Waals surface area contributed by atoms with Crippen molar-refractivity contribution < 1.29 is 13.2 Å². The van der Waals surface area contributed by atoms with Crippen molar-refractivity contribution in [3.63, 3.8) is 0 Å². The maximum absolute atomic E-state index is 13.1. The van der Waals surface area contributed by atoms with Crippen LogP contribution in [0.1, 0.15) is 56.5 Å². The summed E-state index contributed by atoms with van der Waals surface area (Å²) >= 11 is 6.16. The number of hydrogen-bond donors (Lipinski definition) is 2. The number of ketones is 1. The van der Waals surface area contributed by atoms with Crippen LogP contribution in [0.15, 0.2) is 59.6 Å². The van der Waals surface area contributed by atoms with Crippen molar-refractivity contribution >= 4 is 27.4 Å². The summed E-state index contributed by atoms with van der Waals surface area (Å²) < 4.78 is 29.0. The number of nitriles is 1. The average molecular weight is 485 g/mol. The van der Waals surface area contributed by atoms with Crippen molar-refractivity contribution in [3.8, 4) is 17.3 Å². The van der Waals surface area contributed by atoms with E-state index in [4.69, 9.17) is 16.9 Å². The number of nitrogens with zero attached hydrogens (tertiary/aromatic N) is 2. The molecule has 1 atom stereocenters. The number of aromatic amines is 1. The molecule has 2 aromatic carbocycles. The van der Waals surface area contributed by atoms with Crippen molar-refractivity contribution in [3.05, 3.63) is 71.1 Å². The van der Waals surface area contributed by atoms with E-state index in [2.05, 4.69) is 14.7 Å². The Labute approximate surface area is 198 Å². The van der Waals surface area contributed by atoms with Gasteiger partial charge < -0.3 is 9.78 Å². The highest BCUT2D eigenvalue weighted by molar-refractivity contribution is 7.89. The second kappa shape index (κ2) is 11.2. The molecule has 9 heteroatoms. The minimum absolute atomic E-state index is 0.0221. The summed E-state index contributed by atoms with van der Waals surface area (Å²) in [6, 6.07) is 15.0. The van der Waals surface area contributed by atoms with Gasteiger partial charge >= 0.3 is 0 Å². The number of H-pyrrole nitrogens is 1. The molecule has 33 heavy (non-hydrogen) atoms. The normalized spacial score (nSPS) is 12.3. The van der Waals surface area contributed by atoms with Crippen LogP contribution in [0.3, 0.4) is 0 Å². The second-order valence-electron chi connectivity index (χ2n) is 7.78. The molecule has 0 bridgehead atoms. The summed E-state index contributed by atoms with van der Waals surface area (Å²) in [6.07, 6.45) is 4.94. The number of sulfonamides is 1. The number of carbonyl (C=O) groups excluding carboxylic acids is 1. The standard InChI is InChI=1S/C24H25ClN4O3S/c1-17(30)8-4-2-7-11-21(24-27-16-22(28-24)19-9-5-3-6-10-19)29-33(31,32)23-13-12-18(15-26)14-20(23)25/h3,5-6,9-10,12-14,16,21,29H,2,4,7-8,11H2,1H3,(H,27,28)/t21-/m0/s1. The first-order valence-electron chi connectivity index (χ1n) is 10.6. The van der Waals surface area contributed by atoms with Gasteiger partial charge in [0.1, 0.15) is 16.5 Å². The highest BCUT2D eigenvalue weighted by Gasteiger charge is 2.25. The van der Waals surface area contributed by atoms with E-state index in [1.807, 2.05) is 36.4 Å². The molecule has 0 spiro atoms. The fraction of sp³-hybridized carbons (Fsp3) is 0.292. The summed E-state index contributed by atoms with van der Waals surface area (Å²) in [5.74, 6) is 0.634. The Balaban J connectivity index is 1.83. The quantitative estimate of drug-likeness (QED) is 0.364. The minimum atomic E-state index is -3.98. The van der Waals surface area contributed by atoms with Gasteiger partial charge in [0.25, 0.3) is 0 Å². The Kier molecular flexibility index (Phi) is 8.39. The van der Waals surface area contributed by atoms with Crippen molar-refractivity contribution in [2.45, 2.75) is 50.0 Å². The first-order chi connectivity index (χ1) is 15.8. The first-order valence-corrected chi connectivity index (χ1v) is 12.5. The molecule has 3 aromatic rings. The molecule has 0 unspecified atom stereocenters. The van der Waals surface area contributed by atoms with Crippen LogP contribution in [-0.2, 0) is 14.8 Å². The Morgan fingerprint density at radius 1 is 1.18 bits per heavy atom. The van der Waals surface area contributed by atoms with E-state index in [9.17, 15) is 13.2 Å². The molecule has 0 aliphatic carbocycles. The van der Waals surface area contributed by atoms with Gasteiger partial charge in [0.2, 0.25) is 10.0 Å². The molecule has 7 nitrogen and oxygen atoms in total.